The Labute approximate surface area is 176 Å². The molecule has 0 aliphatic rings. The summed E-state index contributed by atoms with van der Waals surface area (Å²) in [4.78, 5) is 17.4. The Balaban J connectivity index is 1.71. The predicted molar refractivity (Wildman–Crippen MR) is 119 cm³/mol. The van der Waals surface area contributed by atoms with Crippen molar-refractivity contribution in [2.75, 3.05) is 0 Å². The van der Waals surface area contributed by atoms with Gasteiger partial charge in [0.25, 0.3) is 5.91 Å². The summed E-state index contributed by atoms with van der Waals surface area (Å²) in [5.41, 5.74) is 6.31. The minimum Gasteiger partial charge on any atom is -0.345 e. The highest BCUT2D eigenvalue weighted by atomic mass is 16.2. The van der Waals surface area contributed by atoms with Crippen LogP contribution < -0.4 is 5.32 Å². The molecule has 0 fully saturated rings. The first-order valence-corrected chi connectivity index (χ1v) is 9.95. The maximum absolute atomic E-state index is 12.8. The molecule has 4 rings (SSSR count). The highest BCUT2D eigenvalue weighted by molar-refractivity contribution is 5.91. The molecule has 1 aromatic heterocycles. The van der Waals surface area contributed by atoms with E-state index in [0.29, 0.717) is 12.4 Å². The molecule has 1 heterocycles. The summed E-state index contributed by atoms with van der Waals surface area (Å²) in [5, 5.41) is 7.48. The molecule has 0 atom stereocenters. The smallest absolute Gasteiger partial charge is 0.291 e. The normalized spacial score (nSPS) is 10.8. The van der Waals surface area contributed by atoms with Crippen molar-refractivity contribution in [3.8, 4) is 17.1 Å². The Morgan fingerprint density at radius 2 is 1.70 bits per heavy atom. The molecule has 0 unspecified atom stereocenters. The van der Waals surface area contributed by atoms with E-state index in [1.807, 2.05) is 67.6 Å². The summed E-state index contributed by atoms with van der Waals surface area (Å²) in [6, 6.07) is 24.0. The fraction of sp³-hybridized carbons (Fsp3) is 0.160. The second kappa shape index (κ2) is 8.33. The van der Waals surface area contributed by atoms with Crippen LogP contribution in [0.25, 0.3) is 17.1 Å². The topological polar surface area (TPSA) is 59.8 Å². The van der Waals surface area contributed by atoms with Gasteiger partial charge in [-0.05, 0) is 55.7 Å². The molecule has 0 radical (unpaired) electrons. The van der Waals surface area contributed by atoms with Crippen molar-refractivity contribution in [1.29, 1.82) is 0 Å². The van der Waals surface area contributed by atoms with Crippen LogP contribution in [0.2, 0.25) is 0 Å². The third-order valence-corrected chi connectivity index (χ3v) is 5.12. The van der Waals surface area contributed by atoms with Crippen LogP contribution in [0.3, 0.4) is 0 Å². The van der Waals surface area contributed by atoms with E-state index in [2.05, 4.69) is 41.4 Å². The van der Waals surface area contributed by atoms with Crippen LogP contribution in [0, 0.1) is 20.8 Å². The van der Waals surface area contributed by atoms with Gasteiger partial charge in [-0.1, -0.05) is 60.2 Å². The van der Waals surface area contributed by atoms with E-state index in [0.717, 1.165) is 27.9 Å². The van der Waals surface area contributed by atoms with Gasteiger partial charge in [-0.25, -0.2) is 9.67 Å². The number of nitrogens with one attached hydrogen (secondary N) is 1. The summed E-state index contributed by atoms with van der Waals surface area (Å²) < 4.78 is 1.75. The van der Waals surface area contributed by atoms with Crippen molar-refractivity contribution in [1.82, 2.24) is 20.1 Å². The SMILES string of the molecule is Cc1cccc(-c2nc(C(=O)NCc3ccccc3)nn2-c2ccc(C)c(C)c2)c1. The Hall–Kier alpha value is -3.73. The summed E-state index contributed by atoms with van der Waals surface area (Å²) in [6.45, 7) is 6.60. The first-order chi connectivity index (χ1) is 14.5. The van der Waals surface area contributed by atoms with Gasteiger partial charge < -0.3 is 5.32 Å². The van der Waals surface area contributed by atoms with Gasteiger partial charge >= 0.3 is 0 Å². The first-order valence-electron chi connectivity index (χ1n) is 9.95. The molecule has 5 nitrogen and oxygen atoms in total. The summed E-state index contributed by atoms with van der Waals surface area (Å²) >= 11 is 0. The maximum atomic E-state index is 12.8. The molecule has 0 saturated heterocycles. The van der Waals surface area contributed by atoms with Gasteiger partial charge in [0, 0.05) is 12.1 Å². The minimum absolute atomic E-state index is 0.153. The minimum atomic E-state index is -0.296. The number of aryl methyl sites for hydroxylation is 3. The zero-order valence-corrected chi connectivity index (χ0v) is 17.4. The number of rotatable bonds is 5. The standard InChI is InChI=1S/C25H24N4O/c1-17-8-7-11-21(14-17)24-27-23(25(30)26-16-20-9-5-4-6-10-20)28-29(24)22-13-12-18(2)19(3)15-22/h4-15H,16H2,1-3H3,(H,26,30). The van der Waals surface area contributed by atoms with Crippen LogP contribution in [-0.4, -0.2) is 20.7 Å². The highest BCUT2D eigenvalue weighted by Gasteiger charge is 2.19. The Kier molecular flexibility index (Phi) is 5.44. The average molecular weight is 396 g/mol. The van der Waals surface area contributed by atoms with E-state index in [1.54, 1.807) is 4.68 Å². The van der Waals surface area contributed by atoms with Gasteiger partial charge in [0.05, 0.1) is 5.69 Å². The van der Waals surface area contributed by atoms with E-state index in [1.165, 1.54) is 5.56 Å². The number of hydrogen-bond acceptors (Lipinski definition) is 3. The number of nitrogens with zero attached hydrogens (tertiary/aromatic N) is 3. The van der Waals surface area contributed by atoms with E-state index < -0.39 is 0 Å². The van der Waals surface area contributed by atoms with E-state index in [-0.39, 0.29) is 11.7 Å². The molecule has 0 aliphatic carbocycles. The van der Waals surface area contributed by atoms with Gasteiger partial charge in [-0.2, -0.15) is 0 Å². The molecular weight excluding hydrogens is 372 g/mol. The molecule has 0 bridgehead atoms. The first kappa shape index (κ1) is 19.6. The number of carbonyl (C=O) groups excluding carboxylic acids is 1. The van der Waals surface area contributed by atoms with Crippen molar-refractivity contribution in [2.24, 2.45) is 0 Å². The molecular formula is C25H24N4O. The van der Waals surface area contributed by atoms with Gasteiger partial charge in [-0.15, -0.1) is 5.10 Å². The van der Waals surface area contributed by atoms with E-state index in [4.69, 9.17) is 0 Å². The Morgan fingerprint density at radius 3 is 2.43 bits per heavy atom. The van der Waals surface area contributed by atoms with Crippen molar-refractivity contribution in [3.63, 3.8) is 0 Å². The second-order valence-electron chi connectivity index (χ2n) is 7.48. The van der Waals surface area contributed by atoms with Crippen LogP contribution in [0.5, 0.6) is 0 Å². The van der Waals surface area contributed by atoms with Crippen molar-refractivity contribution >= 4 is 5.91 Å². The fourth-order valence-corrected chi connectivity index (χ4v) is 3.27. The van der Waals surface area contributed by atoms with Gasteiger partial charge in [0.1, 0.15) is 0 Å². The molecule has 0 spiro atoms. The van der Waals surface area contributed by atoms with Crippen LogP contribution >= 0.6 is 0 Å². The zero-order valence-electron chi connectivity index (χ0n) is 17.4. The van der Waals surface area contributed by atoms with Gasteiger partial charge in [-0.3, -0.25) is 4.79 Å². The Bertz CT molecular complexity index is 1200. The molecule has 5 heteroatoms. The molecule has 0 saturated carbocycles. The largest absolute Gasteiger partial charge is 0.345 e. The molecule has 1 N–H and O–H groups in total. The maximum Gasteiger partial charge on any atom is 0.291 e. The van der Waals surface area contributed by atoms with Gasteiger partial charge in [0.15, 0.2) is 5.82 Å². The molecule has 1 amide bonds. The third-order valence-electron chi connectivity index (χ3n) is 5.12. The number of carbonyl (C=O) groups is 1. The highest BCUT2D eigenvalue weighted by Crippen LogP contribution is 2.23. The lowest BCUT2D eigenvalue weighted by Crippen LogP contribution is -2.24. The van der Waals surface area contributed by atoms with E-state index in [9.17, 15) is 4.79 Å². The zero-order chi connectivity index (χ0) is 21.1. The van der Waals surface area contributed by atoms with E-state index >= 15 is 0 Å². The van der Waals surface area contributed by atoms with Crippen LogP contribution in [-0.2, 0) is 6.54 Å². The molecule has 3 aromatic carbocycles. The predicted octanol–water partition coefficient (Wildman–Crippen LogP) is 4.79. The summed E-state index contributed by atoms with van der Waals surface area (Å²) in [6.07, 6.45) is 0. The molecule has 150 valence electrons. The lowest BCUT2D eigenvalue weighted by Gasteiger charge is -2.09. The average Bonchev–Trinajstić information content (AvgIpc) is 3.20. The van der Waals surface area contributed by atoms with Crippen LogP contribution in [0.4, 0.5) is 0 Å². The van der Waals surface area contributed by atoms with Crippen LogP contribution in [0.15, 0.2) is 72.8 Å². The molecule has 0 aliphatic heterocycles. The van der Waals surface area contributed by atoms with Gasteiger partial charge in [0.2, 0.25) is 5.82 Å². The number of amides is 1. The Morgan fingerprint density at radius 1 is 0.900 bits per heavy atom. The number of aromatic nitrogens is 3. The number of hydrogen-bond donors (Lipinski definition) is 1. The van der Waals surface area contributed by atoms with Crippen molar-refractivity contribution < 1.29 is 4.79 Å². The quantitative estimate of drug-likeness (QED) is 0.528. The lowest BCUT2D eigenvalue weighted by atomic mass is 10.1. The molecule has 4 aromatic rings. The van der Waals surface area contributed by atoms with Crippen molar-refractivity contribution in [2.45, 2.75) is 27.3 Å². The van der Waals surface area contributed by atoms with Crippen LogP contribution in [0.1, 0.15) is 32.9 Å². The fourth-order valence-electron chi connectivity index (χ4n) is 3.27. The summed E-state index contributed by atoms with van der Waals surface area (Å²) in [7, 11) is 0. The molecule has 30 heavy (non-hydrogen) atoms. The third kappa shape index (κ3) is 4.15. The summed E-state index contributed by atoms with van der Waals surface area (Å²) in [5.74, 6) is 0.503. The lowest BCUT2D eigenvalue weighted by molar-refractivity contribution is 0.0940. The number of benzene rings is 3. The van der Waals surface area contributed by atoms with Crippen molar-refractivity contribution in [3.05, 3.63) is 101 Å². The monoisotopic (exact) mass is 396 g/mol. The second-order valence-corrected chi connectivity index (χ2v) is 7.48.